The van der Waals surface area contributed by atoms with Crippen molar-refractivity contribution in [3.63, 3.8) is 0 Å². The maximum Gasteiger partial charge on any atom is 0.246 e. The molecule has 2 aliphatic heterocycles. The number of carbonyl (C=O) groups excluding carboxylic acids is 3. The van der Waals surface area contributed by atoms with Gasteiger partial charge in [-0.25, -0.2) is 0 Å². The van der Waals surface area contributed by atoms with E-state index in [0.29, 0.717) is 39.0 Å². The largest absolute Gasteiger partial charge is 0.337 e. The summed E-state index contributed by atoms with van der Waals surface area (Å²) in [6, 6.07) is 3.94. The molecule has 0 atom stereocenters. The van der Waals surface area contributed by atoms with E-state index < -0.39 is 0 Å². The quantitative estimate of drug-likeness (QED) is 0.590. The number of carbonyl (C=O) groups is 3. The Balaban J connectivity index is 1.41. The highest BCUT2D eigenvalue weighted by atomic mass is 32.1. The fourth-order valence-corrected chi connectivity index (χ4v) is 3.57. The molecule has 0 N–H and O–H groups in total. The highest BCUT2D eigenvalue weighted by Crippen LogP contribution is 2.13. The molecule has 0 radical (unpaired) electrons. The number of amides is 3. The van der Waals surface area contributed by atoms with E-state index in [-0.39, 0.29) is 17.7 Å². The molecule has 0 saturated carbocycles. The smallest absolute Gasteiger partial charge is 0.246 e. The van der Waals surface area contributed by atoms with E-state index in [1.165, 1.54) is 4.90 Å². The van der Waals surface area contributed by atoms with E-state index in [0.717, 1.165) is 18.0 Å². The monoisotopic (exact) mass is 347 g/mol. The van der Waals surface area contributed by atoms with Gasteiger partial charge in [0.15, 0.2) is 0 Å². The van der Waals surface area contributed by atoms with Crippen molar-refractivity contribution in [2.24, 2.45) is 0 Å². The highest BCUT2D eigenvalue weighted by molar-refractivity contribution is 7.10. The zero-order valence-corrected chi connectivity index (χ0v) is 14.3. The van der Waals surface area contributed by atoms with Crippen LogP contribution in [0.25, 0.3) is 6.08 Å². The number of nitrogens with zero attached hydrogens (tertiary/aromatic N) is 3. The molecule has 0 bridgehead atoms. The van der Waals surface area contributed by atoms with Gasteiger partial charge in [-0.2, -0.15) is 0 Å². The molecule has 2 aliphatic rings. The molecule has 3 rings (SSSR count). The standard InChI is InChI=1S/C17H21N3O3S/c21-15(4-3-14-2-1-13-24-14)19-10-7-18(8-11-19)9-12-20-16(22)5-6-17(20)23/h1-4,13H,5-12H2. The second-order valence-electron chi connectivity index (χ2n) is 5.95. The van der Waals surface area contributed by atoms with Gasteiger partial charge in [0, 0.05) is 63.1 Å². The maximum atomic E-state index is 12.2. The van der Waals surface area contributed by atoms with E-state index in [2.05, 4.69) is 4.90 Å². The molecule has 7 heteroatoms. The Morgan fingerprint density at radius 3 is 2.42 bits per heavy atom. The average Bonchev–Trinajstić information content (AvgIpc) is 3.22. The first kappa shape index (κ1) is 16.9. The summed E-state index contributed by atoms with van der Waals surface area (Å²) in [6.07, 6.45) is 4.17. The molecule has 0 aliphatic carbocycles. The highest BCUT2D eigenvalue weighted by Gasteiger charge is 2.29. The second kappa shape index (κ2) is 7.72. The van der Waals surface area contributed by atoms with Gasteiger partial charge in [-0.1, -0.05) is 6.07 Å². The van der Waals surface area contributed by atoms with Gasteiger partial charge in [0.2, 0.25) is 17.7 Å². The van der Waals surface area contributed by atoms with Crippen LogP contribution < -0.4 is 0 Å². The average molecular weight is 347 g/mol. The third-order valence-electron chi connectivity index (χ3n) is 4.41. The van der Waals surface area contributed by atoms with E-state index >= 15 is 0 Å². The van der Waals surface area contributed by atoms with Crippen LogP contribution in [0, 0.1) is 0 Å². The van der Waals surface area contributed by atoms with Crippen LogP contribution >= 0.6 is 11.3 Å². The number of thiophene rings is 1. The van der Waals surface area contributed by atoms with Crippen LogP contribution in [0.3, 0.4) is 0 Å². The molecule has 3 heterocycles. The second-order valence-corrected chi connectivity index (χ2v) is 6.93. The van der Waals surface area contributed by atoms with Crippen LogP contribution in [-0.2, 0) is 14.4 Å². The van der Waals surface area contributed by atoms with Gasteiger partial charge < -0.3 is 4.90 Å². The third kappa shape index (κ3) is 4.10. The normalized spacial score (nSPS) is 19.7. The molecule has 0 unspecified atom stereocenters. The lowest BCUT2D eigenvalue weighted by Gasteiger charge is -2.34. The first-order valence-electron chi connectivity index (χ1n) is 8.19. The van der Waals surface area contributed by atoms with Crippen LogP contribution in [0.1, 0.15) is 17.7 Å². The molecule has 24 heavy (non-hydrogen) atoms. The maximum absolute atomic E-state index is 12.2. The zero-order valence-electron chi connectivity index (χ0n) is 13.5. The Morgan fingerprint density at radius 2 is 1.79 bits per heavy atom. The number of hydrogen-bond acceptors (Lipinski definition) is 5. The Hall–Kier alpha value is -1.99. The SMILES string of the molecule is O=C(C=Cc1cccs1)N1CCN(CCN2C(=O)CCC2=O)CC1. The predicted molar refractivity (Wildman–Crippen MR) is 92.3 cm³/mol. The molecule has 6 nitrogen and oxygen atoms in total. The van der Waals surface area contributed by atoms with E-state index in [4.69, 9.17) is 0 Å². The van der Waals surface area contributed by atoms with Gasteiger partial charge in [-0.05, 0) is 17.5 Å². The van der Waals surface area contributed by atoms with Crippen LogP contribution in [0.5, 0.6) is 0 Å². The van der Waals surface area contributed by atoms with Crippen LogP contribution in [0.2, 0.25) is 0 Å². The fourth-order valence-electron chi connectivity index (χ4n) is 2.95. The first-order valence-corrected chi connectivity index (χ1v) is 9.07. The van der Waals surface area contributed by atoms with Crippen molar-refractivity contribution in [1.29, 1.82) is 0 Å². The number of hydrogen-bond donors (Lipinski definition) is 0. The lowest BCUT2D eigenvalue weighted by atomic mass is 10.3. The van der Waals surface area contributed by atoms with E-state index in [1.54, 1.807) is 17.4 Å². The molecular weight excluding hydrogens is 326 g/mol. The molecule has 2 saturated heterocycles. The number of rotatable bonds is 5. The molecule has 0 spiro atoms. The Bertz CT molecular complexity index is 618. The topological polar surface area (TPSA) is 60.9 Å². The lowest BCUT2D eigenvalue weighted by molar-refractivity contribution is -0.138. The van der Waals surface area contributed by atoms with Gasteiger partial charge in [-0.3, -0.25) is 24.2 Å². The molecule has 2 fully saturated rings. The van der Waals surface area contributed by atoms with Crippen molar-refractivity contribution in [3.05, 3.63) is 28.5 Å². The summed E-state index contributed by atoms with van der Waals surface area (Å²) in [5, 5.41) is 1.98. The molecule has 0 aromatic carbocycles. The van der Waals surface area contributed by atoms with Gasteiger partial charge >= 0.3 is 0 Å². The summed E-state index contributed by atoms with van der Waals surface area (Å²) in [4.78, 5) is 41.8. The minimum Gasteiger partial charge on any atom is -0.337 e. The Morgan fingerprint density at radius 1 is 1.08 bits per heavy atom. The Kier molecular flexibility index (Phi) is 5.42. The number of imide groups is 1. The summed E-state index contributed by atoms with van der Waals surface area (Å²) >= 11 is 1.61. The minimum atomic E-state index is -0.0625. The summed E-state index contributed by atoms with van der Waals surface area (Å²) in [5.74, 6) is -0.0898. The van der Waals surface area contributed by atoms with E-state index in [1.807, 2.05) is 28.5 Å². The van der Waals surface area contributed by atoms with Crippen molar-refractivity contribution in [2.75, 3.05) is 39.3 Å². The van der Waals surface area contributed by atoms with Gasteiger partial charge in [-0.15, -0.1) is 11.3 Å². The van der Waals surface area contributed by atoms with Crippen molar-refractivity contribution in [1.82, 2.24) is 14.7 Å². The summed E-state index contributed by atoms with van der Waals surface area (Å²) in [5.41, 5.74) is 0. The van der Waals surface area contributed by atoms with Crippen molar-refractivity contribution in [3.8, 4) is 0 Å². The summed E-state index contributed by atoms with van der Waals surface area (Å²) in [6.45, 7) is 4.04. The molecule has 1 aromatic heterocycles. The summed E-state index contributed by atoms with van der Waals surface area (Å²) < 4.78 is 0. The molecule has 128 valence electrons. The van der Waals surface area contributed by atoms with Crippen molar-refractivity contribution >= 4 is 35.1 Å². The number of piperazine rings is 1. The molecule has 3 amide bonds. The predicted octanol–water partition coefficient (Wildman–Crippen LogP) is 1.05. The Labute approximate surface area is 145 Å². The van der Waals surface area contributed by atoms with Crippen molar-refractivity contribution < 1.29 is 14.4 Å². The molecular formula is C17H21N3O3S. The lowest BCUT2D eigenvalue weighted by Crippen LogP contribution is -2.50. The van der Waals surface area contributed by atoms with Gasteiger partial charge in [0.1, 0.15) is 0 Å². The van der Waals surface area contributed by atoms with Crippen LogP contribution in [0.4, 0.5) is 0 Å². The first-order chi connectivity index (χ1) is 11.6. The van der Waals surface area contributed by atoms with Gasteiger partial charge in [0.05, 0.1) is 0 Å². The van der Waals surface area contributed by atoms with E-state index in [9.17, 15) is 14.4 Å². The number of likely N-dealkylation sites (tertiary alicyclic amines) is 1. The minimum absolute atomic E-state index is 0.0351. The van der Waals surface area contributed by atoms with Crippen LogP contribution in [-0.4, -0.2) is 71.7 Å². The fraction of sp³-hybridized carbons (Fsp3) is 0.471. The third-order valence-corrected chi connectivity index (χ3v) is 5.25. The zero-order chi connectivity index (χ0) is 16.9. The van der Waals surface area contributed by atoms with Crippen LogP contribution in [0.15, 0.2) is 23.6 Å². The summed E-state index contributed by atoms with van der Waals surface area (Å²) in [7, 11) is 0. The molecule has 1 aromatic rings. The van der Waals surface area contributed by atoms with Gasteiger partial charge in [0.25, 0.3) is 0 Å². The van der Waals surface area contributed by atoms with Crippen molar-refractivity contribution in [2.45, 2.75) is 12.8 Å².